The van der Waals surface area contributed by atoms with Crippen LogP contribution in [-0.4, -0.2) is 37.0 Å². The van der Waals surface area contributed by atoms with Crippen LogP contribution < -0.4 is 10.6 Å². The zero-order valence-corrected chi connectivity index (χ0v) is 11.6. The lowest BCUT2D eigenvalue weighted by molar-refractivity contribution is -0.115. The van der Waals surface area contributed by atoms with Gasteiger partial charge in [-0.3, -0.25) is 9.69 Å². The molecular weight excluding hydrogens is 238 g/mol. The van der Waals surface area contributed by atoms with Gasteiger partial charge in [0.25, 0.3) is 0 Å². The first kappa shape index (κ1) is 14.0. The van der Waals surface area contributed by atoms with Crippen molar-refractivity contribution in [3.8, 4) is 0 Å². The van der Waals surface area contributed by atoms with Crippen LogP contribution >= 0.6 is 0 Å². The van der Waals surface area contributed by atoms with Crippen LogP contribution in [0.15, 0.2) is 24.3 Å². The summed E-state index contributed by atoms with van der Waals surface area (Å²) in [7, 11) is 0. The van der Waals surface area contributed by atoms with Gasteiger partial charge in [-0.2, -0.15) is 0 Å². The first-order valence-corrected chi connectivity index (χ1v) is 7.10. The van der Waals surface area contributed by atoms with Gasteiger partial charge < -0.3 is 10.6 Å². The first-order valence-electron chi connectivity index (χ1n) is 7.10. The molecule has 0 aliphatic carbocycles. The molecule has 1 aliphatic rings. The fraction of sp³-hybridized carbons (Fsp3) is 0.533. The fourth-order valence-corrected chi connectivity index (χ4v) is 2.39. The molecule has 1 heterocycles. The largest absolute Gasteiger partial charge is 0.325 e. The molecule has 1 amide bonds. The van der Waals surface area contributed by atoms with Gasteiger partial charge in [-0.15, -0.1) is 0 Å². The number of likely N-dealkylation sites (N-methyl/N-ethyl adjacent to an activating group) is 1. The van der Waals surface area contributed by atoms with E-state index in [1.807, 2.05) is 25.1 Å². The maximum absolute atomic E-state index is 11.8. The SMILES string of the molecule is CCNCC(=O)Nc1ccccc1CN1CCCC1. The van der Waals surface area contributed by atoms with Gasteiger partial charge in [0.05, 0.1) is 6.54 Å². The minimum atomic E-state index is 0.0238. The molecule has 0 bridgehead atoms. The van der Waals surface area contributed by atoms with Crippen molar-refractivity contribution in [3.63, 3.8) is 0 Å². The number of likely N-dealkylation sites (tertiary alicyclic amines) is 1. The highest BCUT2D eigenvalue weighted by Gasteiger charge is 2.14. The number of nitrogens with zero attached hydrogens (tertiary/aromatic N) is 1. The molecule has 19 heavy (non-hydrogen) atoms. The number of rotatable bonds is 6. The number of hydrogen-bond acceptors (Lipinski definition) is 3. The van der Waals surface area contributed by atoms with Crippen molar-refractivity contribution >= 4 is 11.6 Å². The molecule has 1 aliphatic heterocycles. The van der Waals surface area contributed by atoms with Crippen LogP contribution in [0.1, 0.15) is 25.3 Å². The van der Waals surface area contributed by atoms with E-state index in [0.29, 0.717) is 6.54 Å². The molecule has 0 aromatic heterocycles. The number of amides is 1. The van der Waals surface area contributed by atoms with E-state index in [9.17, 15) is 4.79 Å². The van der Waals surface area contributed by atoms with Crippen LogP contribution in [-0.2, 0) is 11.3 Å². The molecule has 0 spiro atoms. The summed E-state index contributed by atoms with van der Waals surface area (Å²) >= 11 is 0. The van der Waals surface area contributed by atoms with Gasteiger partial charge in [-0.1, -0.05) is 25.1 Å². The lowest BCUT2D eigenvalue weighted by Gasteiger charge is -2.17. The molecule has 1 aromatic rings. The third kappa shape index (κ3) is 4.33. The summed E-state index contributed by atoms with van der Waals surface area (Å²) < 4.78 is 0. The van der Waals surface area contributed by atoms with Crippen LogP contribution in [0, 0.1) is 0 Å². The molecule has 0 radical (unpaired) electrons. The van der Waals surface area contributed by atoms with E-state index in [0.717, 1.165) is 18.8 Å². The number of nitrogens with one attached hydrogen (secondary N) is 2. The molecule has 1 fully saturated rings. The summed E-state index contributed by atoms with van der Waals surface area (Å²) in [5.41, 5.74) is 2.14. The van der Waals surface area contributed by atoms with Gasteiger partial charge in [0, 0.05) is 12.2 Å². The lowest BCUT2D eigenvalue weighted by atomic mass is 10.1. The van der Waals surface area contributed by atoms with Crippen molar-refractivity contribution in [1.29, 1.82) is 0 Å². The molecular formula is C15H23N3O. The van der Waals surface area contributed by atoms with Crippen LogP contribution in [0.4, 0.5) is 5.69 Å². The third-order valence-corrected chi connectivity index (χ3v) is 3.42. The molecule has 2 rings (SSSR count). The molecule has 1 saturated heterocycles. The highest BCUT2D eigenvalue weighted by molar-refractivity contribution is 5.92. The number of benzene rings is 1. The van der Waals surface area contributed by atoms with E-state index < -0.39 is 0 Å². The van der Waals surface area contributed by atoms with Gasteiger partial charge in [0.1, 0.15) is 0 Å². The molecule has 1 aromatic carbocycles. The second-order valence-corrected chi connectivity index (χ2v) is 4.97. The number of anilines is 1. The number of para-hydroxylation sites is 1. The van der Waals surface area contributed by atoms with E-state index >= 15 is 0 Å². The van der Waals surface area contributed by atoms with Crippen molar-refractivity contribution < 1.29 is 4.79 Å². The van der Waals surface area contributed by atoms with E-state index in [1.54, 1.807) is 0 Å². The second kappa shape index (κ2) is 7.26. The number of carbonyl (C=O) groups is 1. The summed E-state index contributed by atoms with van der Waals surface area (Å²) in [5.74, 6) is 0.0238. The molecule has 0 saturated carbocycles. The Hall–Kier alpha value is -1.39. The highest BCUT2D eigenvalue weighted by atomic mass is 16.1. The summed E-state index contributed by atoms with van der Waals surface area (Å²) in [6.07, 6.45) is 2.57. The topological polar surface area (TPSA) is 44.4 Å². The van der Waals surface area contributed by atoms with E-state index in [4.69, 9.17) is 0 Å². The van der Waals surface area contributed by atoms with Crippen LogP contribution in [0.3, 0.4) is 0 Å². The molecule has 2 N–H and O–H groups in total. The molecule has 104 valence electrons. The van der Waals surface area contributed by atoms with Gasteiger partial charge in [0.15, 0.2) is 0 Å². The Bertz CT molecular complexity index is 414. The number of carbonyl (C=O) groups excluding carboxylic acids is 1. The fourth-order valence-electron chi connectivity index (χ4n) is 2.39. The summed E-state index contributed by atoms with van der Waals surface area (Å²) in [5, 5.41) is 6.03. The zero-order valence-electron chi connectivity index (χ0n) is 11.6. The van der Waals surface area contributed by atoms with Crippen molar-refractivity contribution in [2.45, 2.75) is 26.3 Å². The van der Waals surface area contributed by atoms with Gasteiger partial charge in [0.2, 0.25) is 5.91 Å². The molecule has 4 heteroatoms. The first-order chi connectivity index (χ1) is 9.29. The Kier molecular flexibility index (Phi) is 5.36. The predicted octanol–water partition coefficient (Wildman–Crippen LogP) is 1.83. The van der Waals surface area contributed by atoms with Crippen molar-refractivity contribution in [3.05, 3.63) is 29.8 Å². The summed E-state index contributed by atoms with van der Waals surface area (Å²) in [6, 6.07) is 8.08. The number of hydrogen-bond donors (Lipinski definition) is 2. The smallest absolute Gasteiger partial charge is 0.238 e. The Morgan fingerprint density at radius 1 is 1.26 bits per heavy atom. The maximum Gasteiger partial charge on any atom is 0.238 e. The second-order valence-electron chi connectivity index (χ2n) is 4.97. The average molecular weight is 261 g/mol. The van der Waals surface area contributed by atoms with Crippen LogP contribution in [0.5, 0.6) is 0 Å². The molecule has 0 atom stereocenters. The highest BCUT2D eigenvalue weighted by Crippen LogP contribution is 2.19. The van der Waals surface area contributed by atoms with Crippen molar-refractivity contribution in [2.75, 3.05) is 31.5 Å². The Balaban J connectivity index is 1.97. The zero-order chi connectivity index (χ0) is 13.5. The molecule has 4 nitrogen and oxygen atoms in total. The Labute approximate surface area is 115 Å². The van der Waals surface area contributed by atoms with Crippen LogP contribution in [0.25, 0.3) is 0 Å². The minimum Gasteiger partial charge on any atom is -0.325 e. The standard InChI is InChI=1S/C15H23N3O/c1-2-16-11-15(19)17-14-8-4-3-7-13(14)12-18-9-5-6-10-18/h3-4,7-8,16H,2,5-6,9-12H2,1H3,(H,17,19). The Morgan fingerprint density at radius 3 is 2.74 bits per heavy atom. The maximum atomic E-state index is 11.8. The minimum absolute atomic E-state index is 0.0238. The van der Waals surface area contributed by atoms with Gasteiger partial charge in [-0.05, 0) is 44.1 Å². The predicted molar refractivity (Wildman–Crippen MR) is 78.1 cm³/mol. The van der Waals surface area contributed by atoms with E-state index in [-0.39, 0.29) is 5.91 Å². The van der Waals surface area contributed by atoms with Gasteiger partial charge in [-0.25, -0.2) is 0 Å². The summed E-state index contributed by atoms with van der Waals surface area (Å²) in [4.78, 5) is 14.2. The van der Waals surface area contributed by atoms with Crippen molar-refractivity contribution in [2.24, 2.45) is 0 Å². The van der Waals surface area contributed by atoms with E-state index in [1.165, 1.54) is 31.5 Å². The third-order valence-electron chi connectivity index (χ3n) is 3.42. The van der Waals surface area contributed by atoms with E-state index in [2.05, 4.69) is 21.6 Å². The Morgan fingerprint density at radius 2 is 2.00 bits per heavy atom. The summed E-state index contributed by atoms with van der Waals surface area (Å²) in [6.45, 7) is 6.43. The van der Waals surface area contributed by atoms with Gasteiger partial charge >= 0.3 is 0 Å². The quantitative estimate of drug-likeness (QED) is 0.821. The monoisotopic (exact) mass is 261 g/mol. The normalized spacial score (nSPS) is 15.6. The average Bonchev–Trinajstić information content (AvgIpc) is 2.91. The van der Waals surface area contributed by atoms with Crippen LogP contribution in [0.2, 0.25) is 0 Å². The lowest BCUT2D eigenvalue weighted by Crippen LogP contribution is -2.28. The van der Waals surface area contributed by atoms with Crippen molar-refractivity contribution in [1.82, 2.24) is 10.2 Å². The molecule has 0 unspecified atom stereocenters.